The fraction of sp³-hybridized carbons (Fsp3) is 0.400. The lowest BCUT2D eigenvalue weighted by molar-refractivity contribution is 0.446. The van der Waals surface area contributed by atoms with Gasteiger partial charge in [0, 0.05) is 10.9 Å². The normalized spacial score (nSPS) is 13.0. The van der Waals surface area contributed by atoms with Gasteiger partial charge in [0.15, 0.2) is 0 Å². The number of aryl methyl sites for hydroxylation is 1. The fourth-order valence-corrected chi connectivity index (χ4v) is 1.41. The van der Waals surface area contributed by atoms with Crippen molar-refractivity contribution in [2.24, 2.45) is 0 Å². The zero-order chi connectivity index (χ0) is 9.14. The number of rotatable bonds is 2. The molecule has 0 N–H and O–H groups in total. The Balaban J connectivity index is 3.04. The van der Waals surface area contributed by atoms with Crippen LogP contribution in [-0.4, -0.2) is 6.67 Å². The third kappa shape index (κ3) is 1.98. The van der Waals surface area contributed by atoms with Gasteiger partial charge in [-0.1, -0.05) is 24.6 Å². The molecule has 0 aliphatic rings. The minimum absolute atomic E-state index is 0.0521. The monoisotopic (exact) mass is 186 g/mol. The van der Waals surface area contributed by atoms with Crippen molar-refractivity contribution >= 4 is 11.6 Å². The van der Waals surface area contributed by atoms with Gasteiger partial charge in [0.25, 0.3) is 0 Å². The molecule has 0 saturated carbocycles. The fourth-order valence-electron chi connectivity index (χ4n) is 1.23. The number of benzene rings is 1. The molecular weight excluding hydrogens is 175 g/mol. The molecule has 66 valence electrons. The first kappa shape index (κ1) is 9.53. The Bertz CT molecular complexity index is 271. The predicted molar refractivity (Wildman–Crippen MR) is 50.6 cm³/mol. The van der Waals surface area contributed by atoms with E-state index in [1.54, 1.807) is 0 Å². The van der Waals surface area contributed by atoms with Crippen molar-refractivity contribution in [1.29, 1.82) is 0 Å². The molecule has 0 spiro atoms. The van der Waals surface area contributed by atoms with Crippen LogP contribution in [-0.2, 0) is 0 Å². The maximum Gasteiger partial charge on any atom is 0.0960 e. The number of hydrogen-bond acceptors (Lipinski definition) is 0. The van der Waals surface area contributed by atoms with Crippen LogP contribution in [0.4, 0.5) is 4.39 Å². The van der Waals surface area contributed by atoms with E-state index in [1.165, 1.54) is 0 Å². The molecule has 0 aliphatic carbocycles. The van der Waals surface area contributed by atoms with Crippen LogP contribution in [0, 0.1) is 6.92 Å². The van der Waals surface area contributed by atoms with Gasteiger partial charge in [0.05, 0.1) is 6.67 Å². The van der Waals surface area contributed by atoms with E-state index in [2.05, 4.69) is 0 Å². The SMILES string of the molecule is Cc1ccc(Cl)cc1C(C)CF. The summed E-state index contributed by atoms with van der Waals surface area (Å²) in [5, 5.41) is 0.677. The van der Waals surface area contributed by atoms with Gasteiger partial charge in [-0.2, -0.15) is 0 Å². The van der Waals surface area contributed by atoms with Crippen molar-refractivity contribution in [3.63, 3.8) is 0 Å². The molecule has 0 aromatic heterocycles. The minimum atomic E-state index is -0.332. The van der Waals surface area contributed by atoms with Crippen molar-refractivity contribution in [1.82, 2.24) is 0 Å². The minimum Gasteiger partial charge on any atom is -0.250 e. The van der Waals surface area contributed by atoms with Crippen molar-refractivity contribution in [2.45, 2.75) is 19.8 Å². The molecule has 1 aromatic rings. The molecule has 0 saturated heterocycles. The molecule has 1 unspecified atom stereocenters. The van der Waals surface area contributed by atoms with E-state index in [0.29, 0.717) is 5.02 Å². The Labute approximate surface area is 77.4 Å². The summed E-state index contributed by atoms with van der Waals surface area (Å²) in [5.74, 6) is -0.0521. The van der Waals surface area contributed by atoms with Crippen LogP contribution < -0.4 is 0 Å². The van der Waals surface area contributed by atoms with Crippen molar-refractivity contribution < 1.29 is 4.39 Å². The van der Waals surface area contributed by atoms with Gasteiger partial charge in [-0.05, 0) is 30.2 Å². The molecule has 0 bridgehead atoms. The van der Waals surface area contributed by atoms with E-state index < -0.39 is 0 Å². The summed E-state index contributed by atoms with van der Waals surface area (Å²) in [7, 11) is 0. The van der Waals surface area contributed by atoms with Crippen LogP contribution in [0.2, 0.25) is 5.02 Å². The largest absolute Gasteiger partial charge is 0.250 e. The van der Waals surface area contributed by atoms with Gasteiger partial charge >= 0.3 is 0 Å². The zero-order valence-electron chi connectivity index (χ0n) is 7.27. The summed E-state index contributed by atoms with van der Waals surface area (Å²) < 4.78 is 12.3. The van der Waals surface area contributed by atoms with E-state index in [1.807, 2.05) is 32.0 Å². The lowest BCUT2D eigenvalue weighted by Gasteiger charge is -2.10. The second kappa shape index (κ2) is 3.90. The lowest BCUT2D eigenvalue weighted by Crippen LogP contribution is -1.97. The molecule has 1 atom stereocenters. The standard InChI is InChI=1S/C10H12ClF/c1-7-3-4-9(11)5-10(7)8(2)6-12/h3-5,8H,6H2,1-2H3. The average molecular weight is 187 g/mol. The Morgan fingerprint density at radius 1 is 1.50 bits per heavy atom. The topological polar surface area (TPSA) is 0 Å². The maximum atomic E-state index is 12.3. The van der Waals surface area contributed by atoms with Gasteiger partial charge in [-0.25, -0.2) is 0 Å². The summed E-state index contributed by atoms with van der Waals surface area (Å²) in [6, 6.07) is 5.58. The molecular formula is C10H12ClF. The Morgan fingerprint density at radius 3 is 2.75 bits per heavy atom. The van der Waals surface area contributed by atoms with Crippen LogP contribution in [0.15, 0.2) is 18.2 Å². The first-order chi connectivity index (χ1) is 5.65. The number of hydrogen-bond donors (Lipinski definition) is 0. The molecule has 0 radical (unpaired) electrons. The quantitative estimate of drug-likeness (QED) is 0.661. The molecule has 1 rings (SSSR count). The third-order valence-corrected chi connectivity index (χ3v) is 2.24. The summed E-state index contributed by atoms with van der Waals surface area (Å²) in [5.41, 5.74) is 2.11. The van der Waals surface area contributed by atoms with Crippen LogP contribution >= 0.6 is 11.6 Å². The number of alkyl halides is 1. The van der Waals surface area contributed by atoms with E-state index in [9.17, 15) is 4.39 Å². The van der Waals surface area contributed by atoms with Gasteiger partial charge in [0.1, 0.15) is 0 Å². The maximum absolute atomic E-state index is 12.3. The van der Waals surface area contributed by atoms with E-state index in [4.69, 9.17) is 11.6 Å². The van der Waals surface area contributed by atoms with Crippen molar-refractivity contribution in [3.05, 3.63) is 34.3 Å². The van der Waals surface area contributed by atoms with E-state index >= 15 is 0 Å². The molecule has 0 aliphatic heterocycles. The molecule has 1 aromatic carbocycles. The smallest absolute Gasteiger partial charge is 0.0960 e. The van der Waals surface area contributed by atoms with E-state index in [0.717, 1.165) is 11.1 Å². The summed E-state index contributed by atoms with van der Waals surface area (Å²) >= 11 is 5.80. The third-order valence-electron chi connectivity index (χ3n) is 2.00. The molecule has 0 amide bonds. The summed E-state index contributed by atoms with van der Waals surface area (Å²) in [4.78, 5) is 0. The highest BCUT2D eigenvalue weighted by Crippen LogP contribution is 2.23. The van der Waals surface area contributed by atoms with Crippen LogP contribution in [0.5, 0.6) is 0 Å². The highest BCUT2D eigenvalue weighted by molar-refractivity contribution is 6.30. The average Bonchev–Trinajstić information content (AvgIpc) is 2.08. The van der Waals surface area contributed by atoms with Crippen LogP contribution in [0.25, 0.3) is 0 Å². The second-order valence-electron chi connectivity index (χ2n) is 3.06. The highest BCUT2D eigenvalue weighted by atomic mass is 35.5. The number of halogens is 2. The molecule has 0 heterocycles. The Hall–Kier alpha value is -0.560. The Morgan fingerprint density at radius 2 is 2.17 bits per heavy atom. The first-order valence-electron chi connectivity index (χ1n) is 3.97. The second-order valence-corrected chi connectivity index (χ2v) is 3.49. The molecule has 0 fully saturated rings. The first-order valence-corrected chi connectivity index (χ1v) is 4.35. The lowest BCUT2D eigenvalue weighted by atomic mass is 9.98. The highest BCUT2D eigenvalue weighted by Gasteiger charge is 2.07. The predicted octanol–water partition coefficient (Wildman–Crippen LogP) is 3.72. The van der Waals surface area contributed by atoms with Crippen LogP contribution in [0.1, 0.15) is 24.0 Å². The van der Waals surface area contributed by atoms with E-state index in [-0.39, 0.29) is 12.6 Å². The summed E-state index contributed by atoms with van der Waals surface area (Å²) in [6.07, 6.45) is 0. The molecule has 12 heavy (non-hydrogen) atoms. The zero-order valence-corrected chi connectivity index (χ0v) is 8.03. The van der Waals surface area contributed by atoms with Gasteiger partial charge < -0.3 is 0 Å². The van der Waals surface area contributed by atoms with Crippen molar-refractivity contribution in [3.8, 4) is 0 Å². The summed E-state index contributed by atoms with van der Waals surface area (Å²) in [6.45, 7) is 3.50. The Kier molecular flexibility index (Phi) is 3.10. The van der Waals surface area contributed by atoms with Gasteiger partial charge in [-0.15, -0.1) is 0 Å². The van der Waals surface area contributed by atoms with Gasteiger partial charge in [0.2, 0.25) is 0 Å². The van der Waals surface area contributed by atoms with Gasteiger partial charge in [-0.3, -0.25) is 4.39 Å². The molecule has 0 nitrogen and oxygen atoms in total. The molecule has 2 heteroatoms. The van der Waals surface area contributed by atoms with Crippen molar-refractivity contribution in [2.75, 3.05) is 6.67 Å². The van der Waals surface area contributed by atoms with Crippen LogP contribution in [0.3, 0.4) is 0 Å².